The van der Waals surface area contributed by atoms with E-state index in [1.165, 1.54) is 64.2 Å². The van der Waals surface area contributed by atoms with E-state index in [-0.39, 0.29) is 19.1 Å². The first-order valence-corrected chi connectivity index (χ1v) is 18.7. The zero-order valence-corrected chi connectivity index (χ0v) is 29.3. The highest BCUT2D eigenvalue weighted by molar-refractivity contribution is 7.45. The summed E-state index contributed by atoms with van der Waals surface area (Å²) in [6.07, 6.45) is 28.0. The molecule has 254 valence electrons. The smallest absolute Gasteiger partial charge is 0.268 e. The van der Waals surface area contributed by atoms with Crippen molar-refractivity contribution in [3.05, 3.63) is 24.3 Å². The van der Waals surface area contributed by atoms with E-state index in [9.17, 15) is 19.4 Å². The number of hydrogen-bond donors (Lipinski definition) is 2. The molecule has 3 atom stereocenters. The summed E-state index contributed by atoms with van der Waals surface area (Å²) >= 11 is 0. The second kappa shape index (κ2) is 27.3. The Morgan fingerprint density at radius 2 is 1.28 bits per heavy atom. The van der Waals surface area contributed by atoms with Gasteiger partial charge in [0.1, 0.15) is 13.2 Å². The Morgan fingerprint density at radius 3 is 1.81 bits per heavy atom. The first-order valence-electron chi connectivity index (χ1n) is 17.2. The van der Waals surface area contributed by atoms with Gasteiger partial charge in [0.05, 0.1) is 39.9 Å². The van der Waals surface area contributed by atoms with E-state index < -0.39 is 20.0 Å². The molecule has 43 heavy (non-hydrogen) atoms. The molecular weight excluding hydrogens is 563 g/mol. The van der Waals surface area contributed by atoms with Gasteiger partial charge in [-0.25, -0.2) is 0 Å². The van der Waals surface area contributed by atoms with Gasteiger partial charge in [-0.15, -0.1) is 0 Å². The van der Waals surface area contributed by atoms with E-state index in [1.54, 1.807) is 6.08 Å². The highest BCUT2D eigenvalue weighted by Gasteiger charge is 2.23. The lowest BCUT2D eigenvalue weighted by Gasteiger charge is -2.29. The lowest BCUT2D eigenvalue weighted by atomic mass is 10.1. The molecule has 3 unspecified atom stereocenters. The molecule has 2 N–H and O–H groups in total. The van der Waals surface area contributed by atoms with Crippen LogP contribution in [0.25, 0.3) is 0 Å². The van der Waals surface area contributed by atoms with Gasteiger partial charge >= 0.3 is 0 Å². The summed E-state index contributed by atoms with van der Waals surface area (Å²) in [6, 6.07) is -0.883. The average molecular weight is 631 g/mol. The maximum atomic E-state index is 12.7. The minimum atomic E-state index is -4.57. The van der Waals surface area contributed by atoms with E-state index in [2.05, 4.69) is 31.3 Å². The first-order chi connectivity index (χ1) is 20.5. The third-order valence-electron chi connectivity index (χ3n) is 7.41. The average Bonchev–Trinajstić information content (AvgIpc) is 2.94. The van der Waals surface area contributed by atoms with Gasteiger partial charge in [-0.3, -0.25) is 9.36 Å². The molecule has 0 aliphatic carbocycles. The standard InChI is InChI=1S/C34H67N2O6P/c1-6-8-10-12-14-15-16-17-18-19-20-22-24-26-28-34(38)35-32(33(37)27-25-23-21-13-11-9-7-2)31-42-43(39,40)41-30-29-36(3,4)5/h16-17,25,27,32-33,37H,6-15,18-24,26,28-31H2,1-5H3,(H-,35,38,39,40)/b17-16-,27-25+. The van der Waals surface area contributed by atoms with Crippen LogP contribution in [0.1, 0.15) is 136 Å². The minimum absolute atomic E-state index is 0.00277. The van der Waals surface area contributed by atoms with Gasteiger partial charge in [-0.2, -0.15) is 0 Å². The molecule has 0 bridgehead atoms. The molecule has 8 nitrogen and oxygen atoms in total. The van der Waals surface area contributed by atoms with Gasteiger partial charge in [0.15, 0.2) is 0 Å². The topological polar surface area (TPSA) is 108 Å². The van der Waals surface area contributed by atoms with Gasteiger partial charge in [-0.05, 0) is 44.9 Å². The Labute approximate surface area is 264 Å². The zero-order valence-electron chi connectivity index (χ0n) is 28.4. The Hall–Kier alpha value is -1.02. The summed E-state index contributed by atoms with van der Waals surface area (Å²) in [4.78, 5) is 25.0. The van der Waals surface area contributed by atoms with Gasteiger partial charge in [0.25, 0.3) is 7.82 Å². The molecule has 0 saturated heterocycles. The number of phosphoric ester groups is 1. The van der Waals surface area contributed by atoms with Crippen LogP contribution in [0, 0.1) is 0 Å². The molecule has 0 radical (unpaired) electrons. The molecule has 0 spiro atoms. The van der Waals surface area contributed by atoms with Crippen molar-refractivity contribution in [2.24, 2.45) is 0 Å². The molecule has 0 aromatic rings. The van der Waals surface area contributed by atoms with Crippen molar-refractivity contribution in [3.8, 4) is 0 Å². The monoisotopic (exact) mass is 630 g/mol. The summed E-state index contributed by atoms with van der Waals surface area (Å²) < 4.78 is 22.9. The fraction of sp³-hybridized carbons (Fsp3) is 0.853. The first kappa shape index (κ1) is 42.0. The van der Waals surface area contributed by atoms with Gasteiger partial charge in [-0.1, -0.05) is 109 Å². The van der Waals surface area contributed by atoms with Crippen LogP contribution in [0.4, 0.5) is 0 Å². The predicted molar refractivity (Wildman–Crippen MR) is 178 cm³/mol. The molecule has 0 aromatic heterocycles. The van der Waals surface area contributed by atoms with Crippen LogP contribution in [0.5, 0.6) is 0 Å². The van der Waals surface area contributed by atoms with Crippen LogP contribution >= 0.6 is 7.82 Å². The Balaban J connectivity index is 4.51. The van der Waals surface area contributed by atoms with Crippen molar-refractivity contribution in [2.45, 2.75) is 148 Å². The number of allylic oxidation sites excluding steroid dienone is 3. The summed E-state index contributed by atoms with van der Waals surface area (Å²) in [5.41, 5.74) is 0. The van der Waals surface area contributed by atoms with Gasteiger partial charge < -0.3 is 28.8 Å². The van der Waals surface area contributed by atoms with Crippen LogP contribution in [-0.4, -0.2) is 68.5 Å². The van der Waals surface area contributed by atoms with Crippen molar-refractivity contribution < 1.29 is 32.9 Å². The van der Waals surface area contributed by atoms with Crippen LogP contribution in [0.3, 0.4) is 0 Å². The minimum Gasteiger partial charge on any atom is -0.756 e. The molecule has 0 aromatic carbocycles. The van der Waals surface area contributed by atoms with E-state index >= 15 is 0 Å². The number of nitrogens with one attached hydrogen (secondary N) is 1. The van der Waals surface area contributed by atoms with E-state index in [1.807, 2.05) is 27.2 Å². The van der Waals surface area contributed by atoms with E-state index in [4.69, 9.17) is 9.05 Å². The van der Waals surface area contributed by atoms with Crippen LogP contribution in [-0.2, 0) is 18.4 Å². The maximum absolute atomic E-state index is 12.7. The zero-order chi connectivity index (χ0) is 32.2. The van der Waals surface area contributed by atoms with Gasteiger partial charge in [0, 0.05) is 6.42 Å². The number of hydrogen-bond acceptors (Lipinski definition) is 6. The molecule has 0 rings (SSSR count). The Morgan fingerprint density at radius 1 is 0.791 bits per heavy atom. The Kier molecular flexibility index (Phi) is 26.7. The molecule has 9 heteroatoms. The van der Waals surface area contributed by atoms with Gasteiger partial charge in [0.2, 0.25) is 5.91 Å². The number of rotatable bonds is 30. The third-order valence-corrected chi connectivity index (χ3v) is 8.37. The molecule has 0 saturated carbocycles. The SMILES string of the molecule is CCCCCCC/C=C\CCCCCCCC(=O)NC(COP(=O)([O-])OCC[N+](C)(C)C)C(O)/C=C/CCCCCCC. The largest absolute Gasteiger partial charge is 0.756 e. The number of likely N-dealkylation sites (N-methyl/N-ethyl adjacent to an activating group) is 1. The lowest BCUT2D eigenvalue weighted by molar-refractivity contribution is -0.870. The number of amides is 1. The summed E-state index contributed by atoms with van der Waals surface area (Å²) in [5.74, 6) is -0.214. The number of carbonyl (C=O) groups excluding carboxylic acids is 1. The summed E-state index contributed by atoms with van der Waals surface area (Å²) in [7, 11) is 1.25. The fourth-order valence-electron chi connectivity index (χ4n) is 4.55. The van der Waals surface area contributed by atoms with Crippen molar-refractivity contribution >= 4 is 13.7 Å². The number of unbranched alkanes of at least 4 members (excludes halogenated alkanes) is 15. The Bertz CT molecular complexity index is 768. The molecule has 0 aliphatic heterocycles. The molecule has 0 heterocycles. The van der Waals surface area contributed by atoms with Crippen molar-refractivity contribution in [2.75, 3.05) is 40.9 Å². The number of aliphatic hydroxyl groups excluding tert-OH is 1. The van der Waals surface area contributed by atoms with Crippen molar-refractivity contribution in [3.63, 3.8) is 0 Å². The van der Waals surface area contributed by atoms with Crippen LogP contribution < -0.4 is 10.2 Å². The fourth-order valence-corrected chi connectivity index (χ4v) is 5.28. The van der Waals surface area contributed by atoms with Crippen molar-refractivity contribution in [1.29, 1.82) is 0 Å². The number of nitrogens with zero attached hydrogens (tertiary/aromatic N) is 1. The summed E-state index contributed by atoms with van der Waals surface area (Å²) in [6.45, 7) is 4.53. The highest BCUT2D eigenvalue weighted by Crippen LogP contribution is 2.38. The number of quaternary nitrogens is 1. The van der Waals surface area contributed by atoms with E-state index in [0.717, 1.165) is 51.4 Å². The summed E-state index contributed by atoms with van der Waals surface area (Å²) in [5, 5.41) is 13.5. The highest BCUT2D eigenvalue weighted by atomic mass is 31.2. The quantitative estimate of drug-likeness (QED) is 0.0366. The molecular formula is C34H67N2O6P. The molecule has 0 aliphatic rings. The number of phosphoric acid groups is 1. The predicted octanol–water partition coefficient (Wildman–Crippen LogP) is 7.60. The van der Waals surface area contributed by atoms with E-state index in [0.29, 0.717) is 17.4 Å². The normalized spacial score (nSPS) is 15.2. The maximum Gasteiger partial charge on any atom is 0.268 e. The van der Waals surface area contributed by atoms with Crippen molar-refractivity contribution in [1.82, 2.24) is 5.32 Å². The third kappa shape index (κ3) is 29.5. The second-order valence-corrected chi connectivity index (χ2v) is 14.3. The van der Waals surface area contributed by atoms with Crippen LogP contribution in [0.2, 0.25) is 0 Å². The second-order valence-electron chi connectivity index (χ2n) is 12.9. The number of carbonyl (C=O) groups is 1. The molecule has 1 amide bonds. The lowest BCUT2D eigenvalue weighted by Crippen LogP contribution is -2.45. The van der Waals surface area contributed by atoms with Crippen LogP contribution in [0.15, 0.2) is 24.3 Å². The number of aliphatic hydroxyl groups is 1. The molecule has 0 fully saturated rings.